The highest BCUT2D eigenvalue weighted by molar-refractivity contribution is 7.93. The van der Waals surface area contributed by atoms with Gasteiger partial charge in [-0.1, -0.05) is 30.3 Å². The Labute approximate surface area is 120 Å². The zero-order valence-electron chi connectivity index (χ0n) is 11.2. The van der Waals surface area contributed by atoms with Crippen LogP contribution in [0.4, 0.5) is 5.82 Å². The first-order chi connectivity index (χ1) is 9.97. The SMILES string of the molecule is Cc1cccc2c(S(=O)(=O)Nc3cc(=O)[nH][nH]3)cccc12. The van der Waals surface area contributed by atoms with E-state index in [1.807, 2.05) is 25.1 Å². The number of hydrogen-bond donors (Lipinski definition) is 3. The van der Waals surface area contributed by atoms with Crippen molar-refractivity contribution in [2.24, 2.45) is 0 Å². The maximum absolute atomic E-state index is 12.5. The van der Waals surface area contributed by atoms with E-state index in [0.29, 0.717) is 5.39 Å². The van der Waals surface area contributed by atoms with Crippen LogP contribution < -0.4 is 10.3 Å². The van der Waals surface area contributed by atoms with Crippen molar-refractivity contribution in [1.29, 1.82) is 0 Å². The van der Waals surface area contributed by atoms with Crippen molar-refractivity contribution in [1.82, 2.24) is 10.2 Å². The number of nitrogens with one attached hydrogen (secondary N) is 3. The highest BCUT2D eigenvalue weighted by atomic mass is 32.2. The molecule has 0 fully saturated rings. The fraction of sp³-hybridized carbons (Fsp3) is 0.0714. The Morgan fingerprint density at radius 2 is 1.71 bits per heavy atom. The lowest BCUT2D eigenvalue weighted by Gasteiger charge is -2.10. The van der Waals surface area contributed by atoms with Crippen LogP contribution in [0.15, 0.2) is 52.2 Å². The Hall–Kier alpha value is -2.54. The fourth-order valence-corrected chi connectivity index (χ4v) is 3.49. The van der Waals surface area contributed by atoms with Crippen LogP contribution in [0, 0.1) is 6.92 Å². The molecule has 108 valence electrons. The molecule has 3 rings (SSSR count). The van der Waals surface area contributed by atoms with Crippen LogP contribution in [0.2, 0.25) is 0 Å². The quantitative estimate of drug-likeness (QED) is 0.690. The van der Waals surface area contributed by atoms with Gasteiger partial charge in [0.05, 0.1) is 4.90 Å². The van der Waals surface area contributed by atoms with Crippen molar-refractivity contribution < 1.29 is 8.42 Å². The van der Waals surface area contributed by atoms with E-state index in [-0.39, 0.29) is 10.7 Å². The van der Waals surface area contributed by atoms with E-state index in [4.69, 9.17) is 0 Å². The van der Waals surface area contributed by atoms with E-state index in [1.54, 1.807) is 12.1 Å². The van der Waals surface area contributed by atoms with E-state index in [0.717, 1.165) is 17.0 Å². The van der Waals surface area contributed by atoms with Crippen LogP contribution in [0.1, 0.15) is 5.56 Å². The molecule has 1 heterocycles. The minimum atomic E-state index is -3.78. The van der Waals surface area contributed by atoms with Gasteiger partial charge >= 0.3 is 0 Å². The van der Waals surface area contributed by atoms with Gasteiger partial charge in [-0.25, -0.2) is 8.42 Å². The number of aryl methyl sites for hydroxylation is 1. The maximum atomic E-state index is 12.5. The number of benzene rings is 2. The second kappa shape index (κ2) is 4.78. The molecule has 1 aromatic heterocycles. The van der Waals surface area contributed by atoms with Crippen LogP contribution in [0.5, 0.6) is 0 Å². The molecule has 3 N–H and O–H groups in total. The van der Waals surface area contributed by atoms with E-state index in [2.05, 4.69) is 14.9 Å². The van der Waals surface area contributed by atoms with Gasteiger partial charge in [0.1, 0.15) is 5.82 Å². The summed E-state index contributed by atoms with van der Waals surface area (Å²) < 4.78 is 27.3. The van der Waals surface area contributed by atoms with E-state index in [1.165, 1.54) is 6.07 Å². The summed E-state index contributed by atoms with van der Waals surface area (Å²) in [6.45, 7) is 1.93. The third-order valence-electron chi connectivity index (χ3n) is 3.23. The molecule has 0 bridgehead atoms. The molecule has 0 atom stereocenters. The van der Waals surface area contributed by atoms with Gasteiger partial charge in [-0.05, 0) is 23.9 Å². The number of aromatic amines is 2. The Morgan fingerprint density at radius 1 is 1.00 bits per heavy atom. The van der Waals surface area contributed by atoms with Gasteiger partial charge < -0.3 is 0 Å². The molecule has 0 saturated carbocycles. The normalized spacial score (nSPS) is 11.7. The molecule has 0 radical (unpaired) electrons. The Kier molecular flexibility index (Phi) is 3.06. The van der Waals surface area contributed by atoms with Crippen LogP contribution in [-0.4, -0.2) is 18.6 Å². The number of hydrogen-bond acceptors (Lipinski definition) is 3. The van der Waals surface area contributed by atoms with Crippen LogP contribution in [-0.2, 0) is 10.0 Å². The van der Waals surface area contributed by atoms with Gasteiger partial charge in [0, 0.05) is 11.5 Å². The second-order valence-corrected chi connectivity index (χ2v) is 6.35. The zero-order valence-corrected chi connectivity index (χ0v) is 12.0. The number of H-pyrrole nitrogens is 2. The van der Waals surface area contributed by atoms with Crippen molar-refractivity contribution >= 4 is 26.6 Å². The predicted molar refractivity (Wildman–Crippen MR) is 80.9 cm³/mol. The van der Waals surface area contributed by atoms with Crippen LogP contribution in [0.3, 0.4) is 0 Å². The first-order valence-electron chi connectivity index (χ1n) is 6.26. The largest absolute Gasteiger partial charge is 0.283 e. The van der Waals surface area contributed by atoms with Gasteiger partial charge in [0.15, 0.2) is 0 Å². The highest BCUT2D eigenvalue weighted by Gasteiger charge is 2.18. The topological polar surface area (TPSA) is 94.8 Å². The Bertz CT molecular complexity index is 970. The van der Waals surface area contributed by atoms with Crippen molar-refractivity contribution in [2.75, 3.05) is 4.72 Å². The molecule has 3 aromatic rings. The lowest BCUT2D eigenvalue weighted by Crippen LogP contribution is -2.13. The molecule has 0 saturated heterocycles. The molecule has 6 nitrogen and oxygen atoms in total. The number of aromatic nitrogens is 2. The Balaban J connectivity index is 2.15. The molecule has 0 spiro atoms. The van der Waals surface area contributed by atoms with Crippen molar-refractivity contribution in [3.05, 3.63) is 58.4 Å². The highest BCUT2D eigenvalue weighted by Crippen LogP contribution is 2.26. The van der Waals surface area contributed by atoms with Crippen molar-refractivity contribution in [2.45, 2.75) is 11.8 Å². The first-order valence-corrected chi connectivity index (χ1v) is 7.74. The average Bonchev–Trinajstić information content (AvgIpc) is 2.83. The van der Waals surface area contributed by atoms with Crippen molar-refractivity contribution in [3.8, 4) is 0 Å². The monoisotopic (exact) mass is 303 g/mol. The Morgan fingerprint density at radius 3 is 2.43 bits per heavy atom. The van der Waals surface area contributed by atoms with Crippen LogP contribution >= 0.6 is 0 Å². The van der Waals surface area contributed by atoms with E-state index < -0.39 is 15.6 Å². The number of anilines is 1. The van der Waals surface area contributed by atoms with E-state index in [9.17, 15) is 13.2 Å². The predicted octanol–water partition coefficient (Wildman–Crippen LogP) is 1.97. The molecule has 0 amide bonds. The minimum absolute atomic E-state index is 0.102. The smallest absolute Gasteiger partial charge is 0.266 e. The van der Waals surface area contributed by atoms with Crippen molar-refractivity contribution in [3.63, 3.8) is 0 Å². The molecule has 0 aliphatic rings. The number of sulfonamides is 1. The van der Waals surface area contributed by atoms with Crippen LogP contribution in [0.25, 0.3) is 10.8 Å². The average molecular weight is 303 g/mol. The summed E-state index contributed by atoms with van der Waals surface area (Å²) in [5.41, 5.74) is 0.598. The number of rotatable bonds is 3. The summed E-state index contributed by atoms with van der Waals surface area (Å²) in [4.78, 5) is 11.2. The molecule has 7 heteroatoms. The summed E-state index contributed by atoms with van der Waals surface area (Å²) in [5.74, 6) is 0.102. The van der Waals surface area contributed by atoms with Gasteiger partial charge in [-0.3, -0.25) is 19.7 Å². The molecule has 0 aliphatic carbocycles. The maximum Gasteiger partial charge on any atom is 0.266 e. The molecule has 2 aromatic carbocycles. The molecule has 21 heavy (non-hydrogen) atoms. The lowest BCUT2D eigenvalue weighted by atomic mass is 10.1. The first kappa shape index (κ1) is 13.4. The van der Waals surface area contributed by atoms with Gasteiger partial charge in [-0.2, -0.15) is 0 Å². The van der Waals surface area contributed by atoms with Gasteiger partial charge in [-0.15, -0.1) is 0 Å². The summed E-state index contributed by atoms with van der Waals surface area (Å²) in [6.07, 6.45) is 0. The second-order valence-electron chi connectivity index (χ2n) is 4.70. The fourth-order valence-electron chi connectivity index (χ4n) is 2.26. The lowest BCUT2D eigenvalue weighted by molar-refractivity contribution is 0.602. The summed E-state index contributed by atoms with van der Waals surface area (Å²) in [5, 5.41) is 6.26. The zero-order chi connectivity index (χ0) is 15.0. The molecular weight excluding hydrogens is 290 g/mol. The molecular formula is C14H13N3O3S. The third-order valence-corrected chi connectivity index (χ3v) is 4.65. The van der Waals surface area contributed by atoms with E-state index >= 15 is 0 Å². The molecule has 0 unspecified atom stereocenters. The minimum Gasteiger partial charge on any atom is -0.283 e. The third kappa shape index (κ3) is 2.43. The standard InChI is InChI=1S/C14H13N3O3S/c1-9-4-2-6-11-10(9)5-3-7-12(11)21(19,20)17-13-8-14(18)16-15-13/h2-8H,1H3,(H3,15,16,17,18). The summed E-state index contributed by atoms with van der Waals surface area (Å²) >= 11 is 0. The number of fused-ring (bicyclic) bond motifs is 1. The summed E-state index contributed by atoms with van der Waals surface area (Å²) in [7, 11) is -3.78. The van der Waals surface area contributed by atoms with Gasteiger partial charge in [0.2, 0.25) is 0 Å². The molecule has 0 aliphatic heterocycles. The summed E-state index contributed by atoms with van der Waals surface area (Å²) in [6, 6.07) is 11.8. The van der Waals surface area contributed by atoms with Gasteiger partial charge in [0.25, 0.3) is 15.6 Å².